The van der Waals surface area contributed by atoms with Gasteiger partial charge in [-0.2, -0.15) is 0 Å². The molecule has 3 aliphatic rings. The van der Waals surface area contributed by atoms with Crippen molar-refractivity contribution in [2.45, 2.75) is 56.0 Å². The number of hydrogen-bond acceptors (Lipinski definition) is 6. The lowest BCUT2D eigenvalue weighted by atomic mass is 9.67. The molecule has 4 atom stereocenters. The third-order valence-corrected chi connectivity index (χ3v) is 5.39. The molecule has 0 amide bonds. The van der Waals surface area contributed by atoms with Crippen LogP contribution in [0.5, 0.6) is 5.75 Å². The summed E-state index contributed by atoms with van der Waals surface area (Å²) in [4.78, 5) is 37.3. The van der Waals surface area contributed by atoms with Crippen molar-refractivity contribution >= 4 is 17.5 Å². The van der Waals surface area contributed by atoms with Gasteiger partial charge in [-0.05, 0) is 12.5 Å². The van der Waals surface area contributed by atoms with Crippen molar-refractivity contribution in [3.8, 4) is 5.75 Å². The van der Waals surface area contributed by atoms with Crippen LogP contribution in [0.3, 0.4) is 0 Å². The van der Waals surface area contributed by atoms with E-state index in [9.17, 15) is 19.5 Å². The number of Topliss-reactive ketones (excluding diaryl/α,β-unsaturated/α-hetero) is 2. The molecule has 1 aliphatic carbocycles. The van der Waals surface area contributed by atoms with Gasteiger partial charge >= 0.3 is 5.97 Å². The zero-order chi connectivity index (χ0) is 18.0. The second kappa shape index (κ2) is 5.12. The highest BCUT2D eigenvalue weighted by atomic mass is 16.7. The van der Waals surface area contributed by atoms with Gasteiger partial charge in [0.05, 0.1) is 24.2 Å². The number of ether oxygens (including phenoxy) is 2. The van der Waals surface area contributed by atoms with E-state index in [1.807, 2.05) is 6.92 Å². The van der Waals surface area contributed by atoms with Crippen LogP contribution < -0.4 is 0 Å². The van der Waals surface area contributed by atoms with Crippen LogP contribution in [-0.2, 0) is 14.3 Å². The molecule has 0 aromatic heterocycles. The van der Waals surface area contributed by atoms with Crippen LogP contribution in [0.2, 0.25) is 0 Å². The molecule has 1 aromatic rings. The molecule has 4 rings (SSSR count). The number of aliphatic carboxylic acids is 1. The number of aromatic hydroxyl groups is 1. The average Bonchev–Trinajstić information content (AvgIpc) is 3.25. The summed E-state index contributed by atoms with van der Waals surface area (Å²) in [5.74, 6) is -2.11. The number of benzene rings is 1. The summed E-state index contributed by atoms with van der Waals surface area (Å²) in [6.07, 6.45) is -0.490. The molecule has 0 bridgehead atoms. The molecule has 0 radical (unpaired) electrons. The van der Waals surface area contributed by atoms with Gasteiger partial charge in [-0.1, -0.05) is 25.5 Å². The van der Waals surface area contributed by atoms with Gasteiger partial charge in [0.2, 0.25) is 5.78 Å². The van der Waals surface area contributed by atoms with E-state index in [1.54, 1.807) is 0 Å². The van der Waals surface area contributed by atoms with E-state index in [4.69, 9.17) is 14.6 Å². The van der Waals surface area contributed by atoms with Gasteiger partial charge in [0.1, 0.15) is 5.75 Å². The Bertz CT molecular complexity index is 801. The Morgan fingerprint density at radius 1 is 1.32 bits per heavy atom. The first kappa shape index (κ1) is 16.2. The molecule has 7 heteroatoms. The van der Waals surface area contributed by atoms with Crippen LogP contribution in [-0.4, -0.2) is 51.2 Å². The Morgan fingerprint density at radius 2 is 2.08 bits per heavy atom. The number of carbonyl (C=O) groups is 3. The minimum absolute atomic E-state index is 0.0259. The summed E-state index contributed by atoms with van der Waals surface area (Å²) in [5.41, 5.74) is -2.71. The number of ketones is 2. The van der Waals surface area contributed by atoms with E-state index in [-0.39, 0.29) is 35.5 Å². The highest BCUT2D eigenvalue weighted by molar-refractivity contribution is 6.26. The van der Waals surface area contributed by atoms with E-state index >= 15 is 0 Å². The number of carboxylic acid groups (broad SMARTS) is 1. The third kappa shape index (κ3) is 1.90. The molecule has 2 N–H and O–H groups in total. The van der Waals surface area contributed by atoms with Gasteiger partial charge in [0.25, 0.3) is 0 Å². The molecular weight excluding hydrogens is 328 g/mol. The van der Waals surface area contributed by atoms with Crippen LogP contribution >= 0.6 is 0 Å². The van der Waals surface area contributed by atoms with Gasteiger partial charge in [0.15, 0.2) is 17.0 Å². The maximum atomic E-state index is 13.2. The Kier molecular flexibility index (Phi) is 3.33. The fraction of sp³-hybridized carbons (Fsp3) is 0.500. The average molecular weight is 346 g/mol. The minimum Gasteiger partial charge on any atom is -0.507 e. The topological polar surface area (TPSA) is 113 Å². The van der Waals surface area contributed by atoms with Crippen molar-refractivity contribution in [1.82, 2.24) is 0 Å². The first-order valence-corrected chi connectivity index (χ1v) is 8.36. The summed E-state index contributed by atoms with van der Waals surface area (Å²) in [7, 11) is 0. The van der Waals surface area contributed by atoms with Crippen LogP contribution in [0, 0.1) is 0 Å². The monoisotopic (exact) mass is 346 g/mol. The van der Waals surface area contributed by atoms with Crippen LogP contribution in [0.15, 0.2) is 18.2 Å². The fourth-order valence-corrected chi connectivity index (χ4v) is 4.37. The molecule has 2 fully saturated rings. The summed E-state index contributed by atoms with van der Waals surface area (Å²) in [6.45, 7) is 1.91. The first-order chi connectivity index (χ1) is 11.9. The van der Waals surface area contributed by atoms with Crippen molar-refractivity contribution in [3.05, 3.63) is 29.3 Å². The lowest BCUT2D eigenvalue weighted by Gasteiger charge is -2.38. The van der Waals surface area contributed by atoms with E-state index in [0.717, 1.165) is 0 Å². The van der Waals surface area contributed by atoms with E-state index in [0.29, 0.717) is 12.8 Å². The second-order valence-electron chi connectivity index (χ2n) is 6.86. The summed E-state index contributed by atoms with van der Waals surface area (Å²) in [6, 6.07) is 4.36. The first-order valence-electron chi connectivity index (χ1n) is 8.36. The Balaban J connectivity index is 1.84. The van der Waals surface area contributed by atoms with Crippen molar-refractivity contribution in [2.75, 3.05) is 0 Å². The molecule has 1 aromatic carbocycles. The maximum absolute atomic E-state index is 13.2. The van der Waals surface area contributed by atoms with Crippen LogP contribution in [0.1, 0.15) is 53.3 Å². The summed E-state index contributed by atoms with van der Waals surface area (Å²) in [5, 5.41) is 19.2. The minimum atomic E-state index is -1.44. The smallest absolute Gasteiger partial charge is 0.305 e. The molecule has 25 heavy (non-hydrogen) atoms. The number of rotatable bonds is 4. The molecule has 2 aliphatic heterocycles. The highest BCUT2D eigenvalue weighted by Gasteiger charge is 2.85. The predicted octanol–water partition coefficient (Wildman–Crippen LogP) is 1.71. The van der Waals surface area contributed by atoms with Crippen molar-refractivity contribution < 1.29 is 34.1 Å². The van der Waals surface area contributed by atoms with E-state index in [1.165, 1.54) is 18.2 Å². The lowest BCUT2D eigenvalue weighted by molar-refractivity contribution is -0.143. The van der Waals surface area contributed by atoms with Gasteiger partial charge in [-0.25, -0.2) is 0 Å². The number of hydrogen-bond donors (Lipinski definition) is 2. The summed E-state index contributed by atoms with van der Waals surface area (Å²) < 4.78 is 11.7. The van der Waals surface area contributed by atoms with Crippen molar-refractivity contribution in [1.29, 1.82) is 0 Å². The standard InChI is InChI=1S/C18H18O7/c1-2-4-12-18-16(23)14-10(5-3-6-11(14)19)15(22)17(18,25-18)8-9(24-12)7-13(20)21/h3,5-6,9,12,19H,2,4,7-8H2,1H3,(H,20,21)/t9-,12-,17?,18+/m1/s1. The molecule has 2 heterocycles. The Labute approximate surface area is 143 Å². The molecule has 0 saturated carbocycles. The molecule has 0 spiro atoms. The molecule has 132 valence electrons. The predicted molar refractivity (Wildman–Crippen MR) is 83.8 cm³/mol. The zero-order valence-electron chi connectivity index (χ0n) is 13.7. The zero-order valence-corrected chi connectivity index (χ0v) is 13.7. The Hall–Kier alpha value is -2.25. The molecule has 2 saturated heterocycles. The van der Waals surface area contributed by atoms with Gasteiger partial charge in [-0.3, -0.25) is 14.4 Å². The van der Waals surface area contributed by atoms with E-state index < -0.39 is 35.2 Å². The maximum Gasteiger partial charge on any atom is 0.305 e. The number of carbonyl (C=O) groups excluding carboxylic acids is 2. The third-order valence-electron chi connectivity index (χ3n) is 5.39. The molecular formula is C18H18O7. The van der Waals surface area contributed by atoms with E-state index in [2.05, 4.69) is 0 Å². The van der Waals surface area contributed by atoms with Crippen molar-refractivity contribution in [2.24, 2.45) is 0 Å². The van der Waals surface area contributed by atoms with Gasteiger partial charge in [0, 0.05) is 12.0 Å². The molecule has 7 nitrogen and oxygen atoms in total. The number of epoxide rings is 1. The fourth-order valence-electron chi connectivity index (χ4n) is 4.37. The lowest BCUT2D eigenvalue weighted by Crippen LogP contribution is -2.58. The van der Waals surface area contributed by atoms with Gasteiger partial charge in [-0.15, -0.1) is 0 Å². The summed E-state index contributed by atoms with van der Waals surface area (Å²) >= 11 is 0. The highest BCUT2D eigenvalue weighted by Crippen LogP contribution is 2.64. The second-order valence-corrected chi connectivity index (χ2v) is 6.86. The normalized spacial score (nSPS) is 35.6. The van der Waals surface area contributed by atoms with Crippen LogP contribution in [0.4, 0.5) is 0 Å². The SMILES string of the molecule is CCC[C@H]1O[C@H](CC(=O)O)CC23O[C@]12C(=O)c1c(O)cccc1C3=O. The number of phenols is 1. The van der Waals surface area contributed by atoms with Crippen molar-refractivity contribution in [3.63, 3.8) is 0 Å². The quantitative estimate of drug-likeness (QED) is 0.798. The number of phenolic OH excluding ortho intramolecular Hbond substituents is 1. The Morgan fingerprint density at radius 3 is 2.76 bits per heavy atom. The molecule has 1 unspecified atom stereocenters. The van der Waals surface area contributed by atoms with Gasteiger partial charge < -0.3 is 19.7 Å². The largest absolute Gasteiger partial charge is 0.507 e. The van der Waals surface area contributed by atoms with Crippen LogP contribution in [0.25, 0.3) is 0 Å². The number of fused-ring (bicyclic) bond motifs is 1. The number of carboxylic acids is 1.